The van der Waals surface area contributed by atoms with Crippen LogP contribution in [0.25, 0.3) is 43.1 Å². The van der Waals surface area contributed by atoms with E-state index in [0.717, 1.165) is 21.5 Å². The van der Waals surface area contributed by atoms with Gasteiger partial charge in [0.25, 0.3) is 0 Å². The van der Waals surface area contributed by atoms with E-state index in [0.29, 0.717) is 11.1 Å². The lowest BCUT2D eigenvalue weighted by atomic mass is 9.93. The van der Waals surface area contributed by atoms with Gasteiger partial charge in [-0.1, -0.05) is 24.3 Å². The molecule has 0 heterocycles. The van der Waals surface area contributed by atoms with Gasteiger partial charge in [-0.2, -0.15) is 0 Å². The van der Waals surface area contributed by atoms with Gasteiger partial charge in [-0.05, 0) is 105 Å². The summed E-state index contributed by atoms with van der Waals surface area (Å²) < 4.78 is 0. The van der Waals surface area contributed by atoms with Crippen LogP contribution in [0.1, 0.15) is 34.6 Å². The van der Waals surface area contributed by atoms with Gasteiger partial charge in [0.2, 0.25) is 0 Å². The van der Waals surface area contributed by atoms with Gasteiger partial charge in [-0.15, -0.1) is 0 Å². The summed E-state index contributed by atoms with van der Waals surface area (Å²) >= 11 is 0. The third-order valence-corrected chi connectivity index (χ3v) is 5.51. The zero-order chi connectivity index (χ0) is 19.4. The molecular weight excluding hydrogens is 344 g/mol. The minimum Gasteiger partial charge on any atom is -0.294 e. The van der Waals surface area contributed by atoms with Gasteiger partial charge in [-0.25, -0.2) is 0 Å². The topological polar surface area (TPSA) is 34.1 Å². The van der Waals surface area contributed by atoms with E-state index < -0.39 is 0 Å². The van der Waals surface area contributed by atoms with Gasteiger partial charge < -0.3 is 0 Å². The summed E-state index contributed by atoms with van der Waals surface area (Å²) in [6.45, 7) is 3.01. The van der Waals surface area contributed by atoms with Crippen LogP contribution < -0.4 is 0 Å². The Morgan fingerprint density at radius 2 is 0.750 bits per heavy atom. The molecule has 0 aliphatic heterocycles. The summed E-state index contributed by atoms with van der Waals surface area (Å²) in [6, 6.07) is 25.1. The highest BCUT2D eigenvalue weighted by Crippen LogP contribution is 2.31. The molecule has 134 valence electrons. The summed E-state index contributed by atoms with van der Waals surface area (Å²) in [5, 5.41) is 9.03. The highest BCUT2D eigenvalue weighted by molar-refractivity contribution is 6.13. The third-order valence-electron chi connectivity index (χ3n) is 5.51. The Balaban J connectivity index is 1.84. The van der Waals surface area contributed by atoms with Crippen molar-refractivity contribution in [2.75, 3.05) is 0 Å². The quantitative estimate of drug-likeness (QED) is 0.258. The van der Waals surface area contributed by atoms with E-state index in [1.165, 1.54) is 35.4 Å². The van der Waals surface area contributed by atoms with Crippen molar-refractivity contribution in [2.24, 2.45) is 0 Å². The van der Waals surface area contributed by atoms with Crippen LogP contribution >= 0.6 is 0 Å². The summed E-state index contributed by atoms with van der Waals surface area (Å²) in [7, 11) is 0. The molecule has 0 aliphatic carbocycles. The second-order valence-corrected chi connectivity index (χ2v) is 7.46. The molecular formula is C26H18O2. The van der Waals surface area contributed by atoms with Crippen LogP contribution in [-0.2, 0) is 0 Å². The lowest BCUT2D eigenvalue weighted by molar-refractivity contribution is 0.0981. The maximum absolute atomic E-state index is 12.0. The lowest BCUT2D eigenvalue weighted by Crippen LogP contribution is -2.04. The van der Waals surface area contributed by atoms with Crippen LogP contribution in [0.2, 0.25) is 0 Å². The number of ketones is 2. The molecule has 0 saturated heterocycles. The fourth-order valence-corrected chi connectivity index (χ4v) is 4.08. The maximum atomic E-state index is 12.0. The van der Waals surface area contributed by atoms with Crippen molar-refractivity contribution in [3.63, 3.8) is 0 Å². The van der Waals surface area contributed by atoms with Gasteiger partial charge in [0, 0.05) is 11.1 Å². The van der Waals surface area contributed by atoms with Crippen LogP contribution in [0.5, 0.6) is 0 Å². The maximum Gasteiger partial charge on any atom is 0.160 e. The van der Waals surface area contributed by atoms with Crippen molar-refractivity contribution in [1.29, 1.82) is 0 Å². The first-order valence-electron chi connectivity index (χ1n) is 9.35. The van der Waals surface area contributed by atoms with Crippen molar-refractivity contribution in [3.05, 3.63) is 83.9 Å². The molecule has 0 radical (unpaired) electrons. The summed E-state index contributed by atoms with van der Waals surface area (Å²) in [6.07, 6.45) is 0. The van der Waals surface area contributed by atoms with Crippen LogP contribution in [0.15, 0.2) is 72.8 Å². The molecule has 0 saturated carbocycles. The van der Waals surface area contributed by atoms with Gasteiger partial charge in [0.1, 0.15) is 0 Å². The van der Waals surface area contributed by atoms with E-state index in [-0.39, 0.29) is 11.6 Å². The van der Waals surface area contributed by atoms with E-state index in [9.17, 15) is 9.59 Å². The molecule has 2 nitrogen and oxygen atoms in total. The Morgan fingerprint density at radius 1 is 0.464 bits per heavy atom. The molecule has 0 spiro atoms. The lowest BCUT2D eigenvalue weighted by Gasteiger charge is -2.10. The predicted octanol–water partition coefficient (Wildman–Crippen LogP) is 6.70. The van der Waals surface area contributed by atoms with E-state index in [4.69, 9.17) is 0 Å². The smallest absolute Gasteiger partial charge is 0.160 e. The van der Waals surface area contributed by atoms with Gasteiger partial charge in [0.05, 0.1) is 0 Å². The fraction of sp³-hybridized carbons (Fsp3) is 0.0769. The molecule has 0 fully saturated rings. The molecule has 28 heavy (non-hydrogen) atoms. The normalized spacial score (nSPS) is 11.5. The molecule has 0 unspecified atom stereocenters. The number of Topliss-reactive ketones (excluding diaryl/α,β-unsaturated/α-hetero) is 2. The SMILES string of the molecule is CC(=O)c1cc2cc3cc4cc5ccccc5cc4cc3cc2cc1C(C)=O. The van der Waals surface area contributed by atoms with E-state index >= 15 is 0 Å². The number of carbonyl (C=O) groups excluding carboxylic acids is 2. The summed E-state index contributed by atoms with van der Waals surface area (Å²) in [5.74, 6) is -0.172. The van der Waals surface area contributed by atoms with Crippen molar-refractivity contribution in [2.45, 2.75) is 13.8 Å². The zero-order valence-electron chi connectivity index (χ0n) is 15.7. The number of rotatable bonds is 2. The molecule has 0 aliphatic rings. The summed E-state index contributed by atoms with van der Waals surface area (Å²) in [4.78, 5) is 24.0. The standard InChI is InChI=1S/C26H18O2/c1-15(27)25-13-23-11-21-9-19-7-17-5-3-4-6-18(17)8-20(19)10-22(21)12-24(23)14-26(25)16(2)28/h3-14H,1-2H3. The highest BCUT2D eigenvalue weighted by Gasteiger charge is 2.13. The minimum absolute atomic E-state index is 0.0859. The largest absolute Gasteiger partial charge is 0.294 e. The average Bonchev–Trinajstić information content (AvgIpc) is 2.68. The third kappa shape index (κ3) is 2.57. The molecule has 0 bridgehead atoms. The Labute approximate surface area is 162 Å². The number of hydrogen-bond acceptors (Lipinski definition) is 2. The van der Waals surface area contributed by atoms with Crippen LogP contribution in [-0.4, -0.2) is 11.6 Å². The molecule has 5 aromatic carbocycles. The number of fused-ring (bicyclic) bond motifs is 4. The first kappa shape index (κ1) is 16.6. The molecule has 0 N–H and O–H groups in total. The van der Waals surface area contributed by atoms with Crippen LogP contribution in [0.3, 0.4) is 0 Å². The molecule has 0 atom stereocenters. The predicted molar refractivity (Wildman–Crippen MR) is 116 cm³/mol. The average molecular weight is 362 g/mol. The van der Waals surface area contributed by atoms with Gasteiger partial charge in [-0.3, -0.25) is 9.59 Å². The van der Waals surface area contributed by atoms with Gasteiger partial charge >= 0.3 is 0 Å². The van der Waals surface area contributed by atoms with E-state index in [1.807, 2.05) is 12.1 Å². The zero-order valence-corrected chi connectivity index (χ0v) is 15.7. The first-order chi connectivity index (χ1) is 13.5. The van der Waals surface area contributed by atoms with E-state index in [2.05, 4.69) is 60.7 Å². The molecule has 0 aromatic heterocycles. The van der Waals surface area contributed by atoms with Crippen LogP contribution in [0, 0.1) is 0 Å². The minimum atomic E-state index is -0.0859. The number of benzene rings is 5. The van der Waals surface area contributed by atoms with Gasteiger partial charge in [0.15, 0.2) is 11.6 Å². The Hall–Kier alpha value is -3.52. The molecule has 2 heteroatoms. The first-order valence-corrected chi connectivity index (χ1v) is 9.35. The highest BCUT2D eigenvalue weighted by atomic mass is 16.1. The number of carbonyl (C=O) groups is 2. The second-order valence-electron chi connectivity index (χ2n) is 7.46. The summed E-state index contributed by atoms with van der Waals surface area (Å²) in [5.41, 5.74) is 0.984. The van der Waals surface area contributed by atoms with Crippen molar-refractivity contribution in [3.8, 4) is 0 Å². The number of hydrogen-bond donors (Lipinski definition) is 0. The van der Waals surface area contributed by atoms with Crippen molar-refractivity contribution < 1.29 is 9.59 Å². The molecule has 5 aromatic rings. The van der Waals surface area contributed by atoms with Crippen LogP contribution in [0.4, 0.5) is 0 Å². The molecule has 0 amide bonds. The van der Waals surface area contributed by atoms with Crippen molar-refractivity contribution in [1.82, 2.24) is 0 Å². The Kier molecular flexibility index (Phi) is 3.56. The van der Waals surface area contributed by atoms with Crippen molar-refractivity contribution >= 4 is 54.7 Å². The second kappa shape index (κ2) is 6.00. The molecule has 5 rings (SSSR count). The van der Waals surface area contributed by atoms with E-state index in [1.54, 1.807) is 0 Å². The Bertz CT molecular complexity index is 1350. The monoisotopic (exact) mass is 362 g/mol. The Morgan fingerprint density at radius 3 is 1.07 bits per heavy atom. The fourth-order valence-electron chi connectivity index (χ4n) is 4.08.